The average molecular weight is 319 g/mol. The number of hydrogen-bond acceptors (Lipinski definition) is 4. The number of nitrogens with two attached hydrogens (primary N) is 1. The molecule has 1 saturated heterocycles. The van der Waals surface area contributed by atoms with E-state index < -0.39 is 0 Å². The predicted octanol–water partition coefficient (Wildman–Crippen LogP) is 2.47. The van der Waals surface area contributed by atoms with Crippen molar-refractivity contribution in [1.82, 2.24) is 4.90 Å². The smallest absolute Gasteiger partial charge is 0.241 e. The van der Waals surface area contributed by atoms with Crippen LogP contribution < -0.4 is 15.8 Å². The van der Waals surface area contributed by atoms with Crippen LogP contribution in [-0.2, 0) is 4.79 Å². The Morgan fingerprint density at radius 1 is 1.48 bits per heavy atom. The van der Waals surface area contributed by atoms with Crippen molar-refractivity contribution in [3.05, 3.63) is 24.3 Å². The fourth-order valence-electron chi connectivity index (χ4n) is 3.00. The van der Waals surface area contributed by atoms with Gasteiger partial charge in [-0.2, -0.15) is 0 Å². The zero-order valence-electron chi connectivity index (χ0n) is 14.6. The molecule has 5 nitrogen and oxygen atoms in total. The molecule has 1 amide bonds. The number of nitrogens with one attached hydrogen (secondary N) is 1. The number of benzene rings is 1. The lowest BCUT2D eigenvalue weighted by molar-refractivity contribution is -0.122. The second-order valence-corrected chi connectivity index (χ2v) is 6.95. The summed E-state index contributed by atoms with van der Waals surface area (Å²) in [5.74, 6) is 0.694. The molecule has 1 aromatic carbocycles. The molecule has 0 aromatic heterocycles. The first-order valence-electron chi connectivity index (χ1n) is 8.37. The molecule has 2 rings (SSSR count). The number of amides is 1. The maximum Gasteiger partial charge on any atom is 0.241 e. The van der Waals surface area contributed by atoms with Gasteiger partial charge in [0.2, 0.25) is 5.91 Å². The van der Waals surface area contributed by atoms with Crippen LogP contribution in [0, 0.1) is 5.41 Å². The number of ether oxygens (including phenoxy) is 1. The van der Waals surface area contributed by atoms with Gasteiger partial charge in [0, 0.05) is 19.1 Å². The van der Waals surface area contributed by atoms with Gasteiger partial charge in [-0.3, -0.25) is 9.69 Å². The molecule has 1 fully saturated rings. The van der Waals surface area contributed by atoms with E-state index in [1.807, 2.05) is 38.1 Å². The molecule has 2 unspecified atom stereocenters. The van der Waals surface area contributed by atoms with Crippen LogP contribution in [0.4, 0.5) is 5.69 Å². The molecule has 0 radical (unpaired) electrons. The van der Waals surface area contributed by atoms with Crippen LogP contribution in [0.3, 0.4) is 0 Å². The van der Waals surface area contributed by atoms with Crippen LogP contribution >= 0.6 is 0 Å². The lowest BCUT2D eigenvalue weighted by Crippen LogP contribution is -2.56. The Hall–Kier alpha value is -1.59. The van der Waals surface area contributed by atoms with Crippen LogP contribution in [0.5, 0.6) is 5.75 Å². The van der Waals surface area contributed by atoms with Crippen molar-refractivity contribution in [2.75, 3.05) is 25.0 Å². The monoisotopic (exact) mass is 319 g/mol. The second-order valence-electron chi connectivity index (χ2n) is 6.95. The van der Waals surface area contributed by atoms with E-state index in [0.717, 1.165) is 25.2 Å². The quantitative estimate of drug-likeness (QED) is 0.875. The van der Waals surface area contributed by atoms with Gasteiger partial charge in [0.15, 0.2) is 0 Å². The molecule has 1 aliphatic heterocycles. The number of carbonyl (C=O) groups excluding carboxylic acids is 1. The largest absolute Gasteiger partial charge is 0.492 e. The first kappa shape index (κ1) is 17.8. The molecule has 3 N–H and O–H groups in total. The first-order chi connectivity index (χ1) is 10.8. The SMILES string of the molecule is CCOc1ccccc1NC(=O)C(C)N1CCC(N)C(C)(C)C1. The third-order valence-electron chi connectivity index (χ3n) is 4.71. The molecular formula is C18H29N3O2. The summed E-state index contributed by atoms with van der Waals surface area (Å²) < 4.78 is 5.57. The number of piperidine rings is 1. The fraction of sp³-hybridized carbons (Fsp3) is 0.611. The summed E-state index contributed by atoms with van der Waals surface area (Å²) in [4.78, 5) is 14.8. The van der Waals surface area contributed by atoms with Gasteiger partial charge in [0.05, 0.1) is 18.3 Å². The van der Waals surface area contributed by atoms with Gasteiger partial charge in [0.1, 0.15) is 5.75 Å². The van der Waals surface area contributed by atoms with Crippen LogP contribution in [-0.4, -0.2) is 42.6 Å². The Labute approximate surface area is 139 Å². The summed E-state index contributed by atoms with van der Waals surface area (Å²) in [5.41, 5.74) is 6.93. The highest BCUT2D eigenvalue weighted by Crippen LogP contribution is 2.29. The van der Waals surface area contributed by atoms with Crippen molar-refractivity contribution in [3.8, 4) is 5.75 Å². The van der Waals surface area contributed by atoms with Gasteiger partial charge in [-0.15, -0.1) is 0 Å². The Morgan fingerprint density at radius 2 is 2.17 bits per heavy atom. The fourth-order valence-corrected chi connectivity index (χ4v) is 3.00. The Bertz CT molecular complexity index is 545. The van der Waals surface area contributed by atoms with Gasteiger partial charge in [-0.1, -0.05) is 26.0 Å². The van der Waals surface area contributed by atoms with E-state index in [0.29, 0.717) is 12.4 Å². The average Bonchev–Trinajstić information content (AvgIpc) is 2.51. The summed E-state index contributed by atoms with van der Waals surface area (Å²) in [6, 6.07) is 7.52. The highest BCUT2D eigenvalue weighted by atomic mass is 16.5. The highest BCUT2D eigenvalue weighted by Gasteiger charge is 2.36. The van der Waals surface area contributed by atoms with E-state index in [-0.39, 0.29) is 23.4 Å². The second kappa shape index (κ2) is 7.32. The summed E-state index contributed by atoms with van der Waals surface area (Å²) in [6.45, 7) is 10.5. The third-order valence-corrected chi connectivity index (χ3v) is 4.71. The van der Waals surface area contributed by atoms with Gasteiger partial charge >= 0.3 is 0 Å². The summed E-state index contributed by atoms with van der Waals surface area (Å²) >= 11 is 0. The summed E-state index contributed by atoms with van der Waals surface area (Å²) in [6.07, 6.45) is 0.917. The van der Waals surface area contributed by atoms with Gasteiger partial charge < -0.3 is 15.8 Å². The predicted molar refractivity (Wildman–Crippen MR) is 93.6 cm³/mol. The number of nitrogens with zero attached hydrogens (tertiary/aromatic N) is 1. The molecule has 0 aliphatic carbocycles. The van der Waals surface area contributed by atoms with Crippen molar-refractivity contribution in [2.45, 2.75) is 46.2 Å². The van der Waals surface area contributed by atoms with Crippen molar-refractivity contribution < 1.29 is 9.53 Å². The molecule has 2 atom stereocenters. The Kier molecular flexibility index (Phi) is 5.65. The number of anilines is 1. The van der Waals surface area contributed by atoms with Crippen molar-refractivity contribution in [2.24, 2.45) is 11.1 Å². The van der Waals surface area contributed by atoms with Crippen molar-refractivity contribution in [3.63, 3.8) is 0 Å². The molecule has 1 aromatic rings. The Morgan fingerprint density at radius 3 is 2.83 bits per heavy atom. The highest BCUT2D eigenvalue weighted by molar-refractivity contribution is 5.95. The number of para-hydroxylation sites is 2. The Balaban J connectivity index is 2.03. The molecule has 5 heteroatoms. The van der Waals surface area contributed by atoms with Gasteiger partial charge in [0.25, 0.3) is 0 Å². The molecule has 128 valence electrons. The van der Waals surface area contributed by atoms with Gasteiger partial charge in [-0.05, 0) is 37.8 Å². The van der Waals surface area contributed by atoms with Crippen LogP contribution in [0.25, 0.3) is 0 Å². The molecular weight excluding hydrogens is 290 g/mol. The molecule has 0 saturated carbocycles. The minimum atomic E-state index is -0.198. The number of carbonyl (C=O) groups is 1. The zero-order chi connectivity index (χ0) is 17.0. The minimum Gasteiger partial charge on any atom is -0.492 e. The van der Waals surface area contributed by atoms with E-state index in [1.54, 1.807) is 0 Å². The van der Waals surface area contributed by atoms with E-state index in [4.69, 9.17) is 10.5 Å². The first-order valence-corrected chi connectivity index (χ1v) is 8.37. The van der Waals surface area contributed by atoms with E-state index in [9.17, 15) is 4.79 Å². The molecule has 0 spiro atoms. The normalized spacial score (nSPS) is 22.4. The van der Waals surface area contributed by atoms with Crippen LogP contribution in [0.2, 0.25) is 0 Å². The molecule has 0 bridgehead atoms. The lowest BCUT2D eigenvalue weighted by Gasteiger charge is -2.44. The van der Waals surface area contributed by atoms with E-state index in [1.165, 1.54) is 0 Å². The lowest BCUT2D eigenvalue weighted by atomic mass is 9.79. The topological polar surface area (TPSA) is 67.6 Å². The maximum atomic E-state index is 12.6. The number of likely N-dealkylation sites (tertiary alicyclic amines) is 1. The molecule has 1 aliphatic rings. The van der Waals surface area contributed by atoms with Crippen LogP contribution in [0.1, 0.15) is 34.1 Å². The standard InChI is InChI=1S/C18H29N3O2/c1-5-23-15-9-7-6-8-14(15)20-17(22)13(2)21-11-10-16(19)18(3,4)12-21/h6-9,13,16H,5,10-12,19H2,1-4H3,(H,20,22). The number of hydrogen-bond donors (Lipinski definition) is 2. The third kappa shape index (κ3) is 4.24. The molecule has 1 heterocycles. The maximum absolute atomic E-state index is 12.6. The minimum absolute atomic E-state index is 0.0107. The van der Waals surface area contributed by atoms with E-state index >= 15 is 0 Å². The van der Waals surface area contributed by atoms with Crippen molar-refractivity contribution >= 4 is 11.6 Å². The summed E-state index contributed by atoms with van der Waals surface area (Å²) in [5, 5.41) is 2.99. The molecule has 23 heavy (non-hydrogen) atoms. The van der Waals surface area contributed by atoms with Crippen LogP contribution in [0.15, 0.2) is 24.3 Å². The van der Waals surface area contributed by atoms with Gasteiger partial charge in [-0.25, -0.2) is 0 Å². The summed E-state index contributed by atoms with van der Waals surface area (Å²) in [7, 11) is 0. The zero-order valence-corrected chi connectivity index (χ0v) is 14.6. The van der Waals surface area contributed by atoms with Crippen molar-refractivity contribution in [1.29, 1.82) is 0 Å². The number of rotatable bonds is 5. The van der Waals surface area contributed by atoms with E-state index in [2.05, 4.69) is 24.1 Å².